The molecule has 1 aromatic rings. The maximum Gasteiger partial charge on any atom is 0.122 e. The molecule has 0 spiro atoms. The Bertz CT molecular complexity index is 376. The molecular formula is C15H24O3. The first-order valence-corrected chi connectivity index (χ1v) is 6.50. The van der Waals surface area contributed by atoms with Gasteiger partial charge >= 0.3 is 0 Å². The molecule has 0 fully saturated rings. The van der Waals surface area contributed by atoms with Crippen LogP contribution in [0.25, 0.3) is 0 Å². The molecule has 0 heterocycles. The molecule has 1 aromatic carbocycles. The van der Waals surface area contributed by atoms with Crippen LogP contribution in [0.3, 0.4) is 0 Å². The first-order valence-electron chi connectivity index (χ1n) is 6.50. The summed E-state index contributed by atoms with van der Waals surface area (Å²) in [5, 5.41) is 19.5. The molecule has 3 atom stereocenters. The summed E-state index contributed by atoms with van der Waals surface area (Å²) in [4.78, 5) is 0. The molecule has 0 aliphatic rings. The van der Waals surface area contributed by atoms with Crippen molar-refractivity contribution >= 4 is 0 Å². The molecule has 0 saturated carbocycles. The van der Waals surface area contributed by atoms with E-state index in [2.05, 4.69) is 6.07 Å². The Morgan fingerprint density at radius 2 is 1.89 bits per heavy atom. The molecule has 2 N–H and O–H groups in total. The molecule has 102 valence electrons. The zero-order valence-electron chi connectivity index (χ0n) is 11.7. The molecule has 3 nitrogen and oxygen atoms in total. The van der Waals surface area contributed by atoms with Gasteiger partial charge in [-0.2, -0.15) is 0 Å². The second kappa shape index (κ2) is 6.76. The van der Waals surface area contributed by atoms with E-state index in [9.17, 15) is 10.2 Å². The van der Waals surface area contributed by atoms with Crippen molar-refractivity contribution in [1.82, 2.24) is 0 Å². The minimum atomic E-state index is -0.685. The van der Waals surface area contributed by atoms with Crippen molar-refractivity contribution in [2.75, 3.05) is 7.11 Å². The van der Waals surface area contributed by atoms with Crippen molar-refractivity contribution < 1.29 is 14.9 Å². The van der Waals surface area contributed by atoms with Crippen LogP contribution >= 0.6 is 0 Å². The van der Waals surface area contributed by atoms with E-state index in [1.54, 1.807) is 7.11 Å². The van der Waals surface area contributed by atoms with E-state index in [-0.39, 0.29) is 5.92 Å². The number of aryl methyl sites for hydroxylation is 1. The zero-order chi connectivity index (χ0) is 13.7. The molecule has 3 unspecified atom stereocenters. The third kappa shape index (κ3) is 3.72. The van der Waals surface area contributed by atoms with Gasteiger partial charge in [-0.1, -0.05) is 31.5 Å². The number of ether oxygens (including phenoxy) is 1. The zero-order valence-corrected chi connectivity index (χ0v) is 11.7. The lowest BCUT2D eigenvalue weighted by molar-refractivity contribution is 0.00943. The lowest BCUT2D eigenvalue weighted by atomic mass is 9.91. The van der Waals surface area contributed by atoms with E-state index in [1.807, 2.05) is 32.9 Å². The number of hydrogen-bond acceptors (Lipinski definition) is 3. The van der Waals surface area contributed by atoms with Crippen LogP contribution in [0.15, 0.2) is 18.2 Å². The monoisotopic (exact) mass is 252 g/mol. The van der Waals surface area contributed by atoms with Crippen LogP contribution in [0.5, 0.6) is 5.75 Å². The van der Waals surface area contributed by atoms with E-state index < -0.39 is 12.2 Å². The van der Waals surface area contributed by atoms with Crippen LogP contribution < -0.4 is 4.74 Å². The largest absolute Gasteiger partial charge is 0.496 e. The summed E-state index contributed by atoms with van der Waals surface area (Å²) in [7, 11) is 1.65. The van der Waals surface area contributed by atoms with Crippen molar-refractivity contribution in [2.24, 2.45) is 0 Å². The quantitative estimate of drug-likeness (QED) is 0.818. The third-order valence-electron chi connectivity index (χ3n) is 3.37. The van der Waals surface area contributed by atoms with E-state index in [0.717, 1.165) is 11.3 Å². The SMILES string of the molecule is CCC(O)C(O)CC(C)c1cc(C)ccc1OC. The van der Waals surface area contributed by atoms with Gasteiger partial charge in [-0.05, 0) is 37.3 Å². The first-order chi connectivity index (χ1) is 8.49. The number of hydrogen-bond donors (Lipinski definition) is 2. The summed E-state index contributed by atoms with van der Waals surface area (Å²) in [5.74, 6) is 0.988. The lowest BCUT2D eigenvalue weighted by Gasteiger charge is -2.22. The summed E-state index contributed by atoms with van der Waals surface area (Å²) in [6.45, 7) is 5.95. The van der Waals surface area contributed by atoms with Gasteiger partial charge in [-0.15, -0.1) is 0 Å². The fourth-order valence-corrected chi connectivity index (χ4v) is 2.16. The number of rotatable bonds is 6. The minimum Gasteiger partial charge on any atom is -0.496 e. The summed E-state index contributed by atoms with van der Waals surface area (Å²) in [6.07, 6.45) is -0.230. The number of methoxy groups -OCH3 is 1. The van der Waals surface area contributed by atoms with Crippen LogP contribution in [-0.2, 0) is 0 Å². The highest BCUT2D eigenvalue weighted by Gasteiger charge is 2.20. The summed E-state index contributed by atoms with van der Waals surface area (Å²) in [6, 6.07) is 6.03. The topological polar surface area (TPSA) is 49.7 Å². The van der Waals surface area contributed by atoms with Gasteiger partial charge in [-0.3, -0.25) is 0 Å². The van der Waals surface area contributed by atoms with Crippen LogP contribution in [0.1, 0.15) is 43.7 Å². The first kappa shape index (κ1) is 15.0. The molecule has 0 aliphatic carbocycles. The van der Waals surface area contributed by atoms with Crippen molar-refractivity contribution in [3.63, 3.8) is 0 Å². The van der Waals surface area contributed by atoms with E-state index in [1.165, 1.54) is 5.56 Å². The van der Waals surface area contributed by atoms with Gasteiger partial charge in [0.2, 0.25) is 0 Å². The molecule has 0 aliphatic heterocycles. The maximum atomic E-state index is 9.89. The van der Waals surface area contributed by atoms with Crippen molar-refractivity contribution in [1.29, 1.82) is 0 Å². The lowest BCUT2D eigenvalue weighted by Crippen LogP contribution is -2.26. The standard InChI is InChI=1S/C15H24O3/c1-5-13(16)14(17)9-11(3)12-8-10(2)6-7-15(12)18-4/h6-8,11,13-14,16-17H,5,9H2,1-4H3. The van der Waals surface area contributed by atoms with Gasteiger partial charge in [0.15, 0.2) is 0 Å². The van der Waals surface area contributed by atoms with E-state index >= 15 is 0 Å². The maximum absolute atomic E-state index is 9.89. The molecule has 3 heteroatoms. The van der Waals surface area contributed by atoms with Crippen LogP contribution in [-0.4, -0.2) is 29.5 Å². The number of aliphatic hydroxyl groups excluding tert-OH is 2. The van der Waals surface area contributed by atoms with Gasteiger partial charge in [0.05, 0.1) is 19.3 Å². The number of benzene rings is 1. The highest BCUT2D eigenvalue weighted by molar-refractivity contribution is 5.39. The minimum absolute atomic E-state index is 0.149. The molecule has 0 aromatic heterocycles. The van der Waals surface area contributed by atoms with Crippen molar-refractivity contribution in [3.05, 3.63) is 29.3 Å². The average Bonchev–Trinajstić information content (AvgIpc) is 2.37. The highest BCUT2D eigenvalue weighted by Crippen LogP contribution is 2.31. The van der Waals surface area contributed by atoms with Gasteiger partial charge in [0.25, 0.3) is 0 Å². The van der Waals surface area contributed by atoms with Gasteiger partial charge in [-0.25, -0.2) is 0 Å². The molecule has 0 bridgehead atoms. The molecule has 0 radical (unpaired) electrons. The fourth-order valence-electron chi connectivity index (χ4n) is 2.16. The van der Waals surface area contributed by atoms with E-state index in [0.29, 0.717) is 12.8 Å². The van der Waals surface area contributed by atoms with Crippen LogP contribution in [0, 0.1) is 6.92 Å². The molecule has 0 saturated heterocycles. The van der Waals surface area contributed by atoms with Crippen LogP contribution in [0.2, 0.25) is 0 Å². The van der Waals surface area contributed by atoms with Gasteiger partial charge in [0, 0.05) is 0 Å². The molecule has 18 heavy (non-hydrogen) atoms. The molecule has 1 rings (SSSR count). The van der Waals surface area contributed by atoms with Crippen LogP contribution in [0.4, 0.5) is 0 Å². The summed E-state index contributed by atoms with van der Waals surface area (Å²) < 4.78 is 5.35. The second-order valence-electron chi connectivity index (χ2n) is 4.93. The summed E-state index contributed by atoms with van der Waals surface area (Å²) in [5.41, 5.74) is 2.25. The second-order valence-corrected chi connectivity index (χ2v) is 4.93. The predicted molar refractivity (Wildman–Crippen MR) is 73.1 cm³/mol. The Morgan fingerprint density at radius 3 is 2.44 bits per heavy atom. The highest BCUT2D eigenvalue weighted by atomic mass is 16.5. The Morgan fingerprint density at radius 1 is 1.22 bits per heavy atom. The fraction of sp³-hybridized carbons (Fsp3) is 0.600. The summed E-state index contributed by atoms with van der Waals surface area (Å²) >= 11 is 0. The van der Waals surface area contributed by atoms with Crippen molar-refractivity contribution in [2.45, 2.75) is 51.7 Å². The predicted octanol–water partition coefficient (Wildman–Crippen LogP) is 2.63. The third-order valence-corrected chi connectivity index (χ3v) is 3.37. The Balaban J connectivity index is 2.83. The van der Waals surface area contributed by atoms with Gasteiger partial charge in [0.1, 0.15) is 5.75 Å². The average molecular weight is 252 g/mol. The molecule has 0 amide bonds. The number of aliphatic hydroxyl groups is 2. The Kier molecular flexibility index (Phi) is 5.63. The normalized spacial score (nSPS) is 16.1. The smallest absolute Gasteiger partial charge is 0.122 e. The van der Waals surface area contributed by atoms with E-state index in [4.69, 9.17) is 4.74 Å². The molecular weight excluding hydrogens is 228 g/mol. The van der Waals surface area contributed by atoms with Gasteiger partial charge < -0.3 is 14.9 Å². The Hall–Kier alpha value is -1.06. The Labute approximate surface area is 109 Å². The van der Waals surface area contributed by atoms with Crippen molar-refractivity contribution in [3.8, 4) is 5.75 Å².